The smallest absolute Gasteiger partial charge is 0.305 e. The average molecular weight is 260 g/mol. The molecule has 1 atom stereocenters. The van der Waals surface area contributed by atoms with Crippen LogP contribution in [0.3, 0.4) is 0 Å². The van der Waals surface area contributed by atoms with Crippen molar-refractivity contribution in [2.75, 3.05) is 0 Å². The van der Waals surface area contributed by atoms with Gasteiger partial charge in [-0.15, -0.1) is 0 Å². The van der Waals surface area contributed by atoms with E-state index in [-0.39, 0.29) is 17.4 Å². The topological polar surface area (TPSA) is 66.4 Å². The Hall–Kier alpha value is -1.62. The van der Waals surface area contributed by atoms with Crippen molar-refractivity contribution in [1.82, 2.24) is 5.32 Å². The lowest BCUT2D eigenvalue weighted by Gasteiger charge is -2.17. The van der Waals surface area contributed by atoms with E-state index in [1.54, 1.807) is 0 Å². The number of nitrogens with one attached hydrogen (secondary N) is 1. The molecule has 92 valence electrons. The van der Waals surface area contributed by atoms with Crippen LogP contribution >= 0.6 is 11.6 Å². The molecule has 0 saturated heterocycles. The Kier molecular flexibility index (Phi) is 4.45. The molecule has 4 nitrogen and oxygen atoms in total. The summed E-state index contributed by atoms with van der Waals surface area (Å²) in [5.74, 6) is -1.98. The molecular weight excluding hydrogens is 249 g/mol. The maximum atomic E-state index is 12.8. The number of hydrogen-bond acceptors (Lipinski definition) is 2. The van der Waals surface area contributed by atoms with Gasteiger partial charge in [0.25, 0.3) is 0 Å². The number of carboxylic acids is 1. The highest BCUT2D eigenvalue weighted by molar-refractivity contribution is 6.31. The van der Waals surface area contributed by atoms with E-state index in [1.165, 1.54) is 13.0 Å². The van der Waals surface area contributed by atoms with Gasteiger partial charge in [-0.2, -0.15) is 0 Å². The minimum absolute atomic E-state index is 0.0880. The third-order valence-electron chi connectivity index (χ3n) is 2.09. The zero-order valence-corrected chi connectivity index (χ0v) is 9.79. The minimum Gasteiger partial charge on any atom is -0.481 e. The summed E-state index contributed by atoms with van der Waals surface area (Å²) in [6, 6.07) is 2.84. The van der Waals surface area contributed by atoms with Gasteiger partial charge in [-0.05, 0) is 17.7 Å². The average Bonchev–Trinajstić information content (AvgIpc) is 2.14. The Bertz CT molecular complexity index is 434. The van der Waals surface area contributed by atoms with E-state index in [4.69, 9.17) is 16.7 Å². The van der Waals surface area contributed by atoms with Gasteiger partial charge in [0.1, 0.15) is 5.82 Å². The molecule has 0 aliphatic carbocycles. The first-order valence-electron chi connectivity index (χ1n) is 4.84. The van der Waals surface area contributed by atoms with Crippen molar-refractivity contribution >= 4 is 23.5 Å². The van der Waals surface area contributed by atoms with Crippen LogP contribution in [0.4, 0.5) is 4.39 Å². The molecule has 0 aliphatic rings. The van der Waals surface area contributed by atoms with Crippen molar-refractivity contribution < 1.29 is 19.1 Å². The van der Waals surface area contributed by atoms with E-state index in [0.717, 1.165) is 12.1 Å². The van der Waals surface area contributed by atoms with Crippen LogP contribution in [0.5, 0.6) is 0 Å². The van der Waals surface area contributed by atoms with Gasteiger partial charge in [0.2, 0.25) is 5.91 Å². The first-order chi connectivity index (χ1) is 7.90. The number of amides is 1. The number of rotatable bonds is 4. The molecule has 0 unspecified atom stereocenters. The lowest BCUT2D eigenvalue weighted by atomic mass is 10.0. The monoisotopic (exact) mass is 259 g/mol. The van der Waals surface area contributed by atoms with Crippen LogP contribution in [0.25, 0.3) is 0 Å². The predicted octanol–water partition coefficient (Wildman–Crippen LogP) is 2.13. The lowest BCUT2D eigenvalue weighted by molar-refractivity contribution is -0.137. The molecule has 0 radical (unpaired) electrons. The molecule has 0 spiro atoms. The summed E-state index contributed by atoms with van der Waals surface area (Å²) in [6.07, 6.45) is -0.315. The Morgan fingerprint density at radius 3 is 2.65 bits per heavy atom. The zero-order chi connectivity index (χ0) is 13.0. The number of aliphatic carboxylic acids is 1. The van der Waals surface area contributed by atoms with Gasteiger partial charge >= 0.3 is 5.97 Å². The van der Waals surface area contributed by atoms with Gasteiger partial charge in [-0.3, -0.25) is 9.59 Å². The fourth-order valence-corrected chi connectivity index (χ4v) is 1.74. The maximum Gasteiger partial charge on any atom is 0.305 e. The van der Waals surface area contributed by atoms with Crippen LogP contribution in [0, 0.1) is 5.82 Å². The van der Waals surface area contributed by atoms with Crippen LogP contribution in [0.1, 0.15) is 24.9 Å². The second kappa shape index (κ2) is 5.63. The molecule has 1 rings (SSSR count). The van der Waals surface area contributed by atoms with Crippen LogP contribution in [0.2, 0.25) is 5.02 Å². The van der Waals surface area contributed by atoms with Crippen molar-refractivity contribution in [3.63, 3.8) is 0 Å². The summed E-state index contributed by atoms with van der Waals surface area (Å²) >= 11 is 5.81. The maximum absolute atomic E-state index is 12.8. The highest BCUT2D eigenvalue weighted by Crippen LogP contribution is 2.26. The molecule has 0 aliphatic heterocycles. The van der Waals surface area contributed by atoms with Gasteiger partial charge in [0.05, 0.1) is 12.5 Å². The van der Waals surface area contributed by atoms with Crippen LogP contribution in [-0.4, -0.2) is 17.0 Å². The summed E-state index contributed by atoms with van der Waals surface area (Å²) in [5, 5.41) is 11.3. The first kappa shape index (κ1) is 13.4. The van der Waals surface area contributed by atoms with Crippen LogP contribution < -0.4 is 5.32 Å². The van der Waals surface area contributed by atoms with Crippen molar-refractivity contribution in [1.29, 1.82) is 0 Å². The largest absolute Gasteiger partial charge is 0.481 e. The molecule has 2 N–H and O–H groups in total. The first-order valence-corrected chi connectivity index (χ1v) is 5.21. The van der Waals surface area contributed by atoms with E-state index in [1.807, 2.05) is 0 Å². The standard InChI is InChI=1S/C11H11ClFNO3/c1-6(15)14-10(5-11(16)17)8-3-2-7(13)4-9(8)12/h2-4,10H,5H2,1H3,(H,14,15)(H,16,17)/t10-/m0/s1. The SMILES string of the molecule is CC(=O)N[C@@H](CC(=O)O)c1ccc(F)cc1Cl. The fourth-order valence-electron chi connectivity index (χ4n) is 1.44. The Labute approximate surface area is 102 Å². The highest BCUT2D eigenvalue weighted by Gasteiger charge is 2.19. The van der Waals surface area contributed by atoms with Crippen molar-refractivity contribution in [2.24, 2.45) is 0 Å². The number of hydrogen-bond donors (Lipinski definition) is 2. The van der Waals surface area contributed by atoms with Gasteiger partial charge < -0.3 is 10.4 Å². The lowest BCUT2D eigenvalue weighted by Crippen LogP contribution is -2.28. The third-order valence-corrected chi connectivity index (χ3v) is 2.42. The normalized spacial score (nSPS) is 11.9. The highest BCUT2D eigenvalue weighted by atomic mass is 35.5. The molecule has 1 aromatic carbocycles. The summed E-state index contributed by atoms with van der Waals surface area (Å²) in [5.41, 5.74) is 0.380. The van der Waals surface area contributed by atoms with E-state index in [0.29, 0.717) is 5.56 Å². The molecule has 1 aromatic rings. The van der Waals surface area contributed by atoms with Gasteiger partial charge in [-0.25, -0.2) is 4.39 Å². The number of halogens is 2. The predicted molar refractivity (Wildman–Crippen MR) is 60.2 cm³/mol. The molecule has 1 amide bonds. The number of carboxylic acid groups (broad SMARTS) is 1. The van der Waals surface area contributed by atoms with Crippen LogP contribution in [0.15, 0.2) is 18.2 Å². The van der Waals surface area contributed by atoms with E-state index in [9.17, 15) is 14.0 Å². The molecule has 0 fully saturated rings. The van der Waals surface area contributed by atoms with Gasteiger partial charge in [0, 0.05) is 11.9 Å². The van der Waals surface area contributed by atoms with E-state index in [2.05, 4.69) is 5.32 Å². The zero-order valence-electron chi connectivity index (χ0n) is 9.04. The molecule has 0 heterocycles. The molecule has 17 heavy (non-hydrogen) atoms. The number of carbonyl (C=O) groups is 2. The molecule has 0 aromatic heterocycles. The number of benzene rings is 1. The minimum atomic E-state index is -1.08. The van der Waals surface area contributed by atoms with E-state index < -0.39 is 17.8 Å². The summed E-state index contributed by atoms with van der Waals surface area (Å²) in [6.45, 7) is 1.27. The fraction of sp³-hybridized carbons (Fsp3) is 0.273. The molecule has 0 saturated carbocycles. The van der Waals surface area contributed by atoms with Crippen molar-refractivity contribution in [3.8, 4) is 0 Å². The summed E-state index contributed by atoms with van der Waals surface area (Å²) in [4.78, 5) is 21.6. The van der Waals surface area contributed by atoms with Gasteiger partial charge in [0.15, 0.2) is 0 Å². The quantitative estimate of drug-likeness (QED) is 0.870. The molecule has 0 bridgehead atoms. The summed E-state index contributed by atoms with van der Waals surface area (Å²) < 4.78 is 12.8. The second-order valence-corrected chi connectivity index (χ2v) is 3.92. The molecular formula is C11H11ClFNO3. The Balaban J connectivity index is 3.02. The number of carbonyl (C=O) groups excluding carboxylic acids is 1. The Morgan fingerprint density at radius 1 is 1.53 bits per heavy atom. The second-order valence-electron chi connectivity index (χ2n) is 3.52. The summed E-state index contributed by atoms with van der Waals surface area (Å²) in [7, 11) is 0. The molecule has 6 heteroatoms. The van der Waals surface area contributed by atoms with E-state index >= 15 is 0 Å². The van der Waals surface area contributed by atoms with Crippen molar-refractivity contribution in [3.05, 3.63) is 34.6 Å². The Morgan fingerprint density at radius 2 is 2.18 bits per heavy atom. The van der Waals surface area contributed by atoms with Crippen LogP contribution in [-0.2, 0) is 9.59 Å². The van der Waals surface area contributed by atoms with Gasteiger partial charge in [-0.1, -0.05) is 17.7 Å². The third kappa shape index (κ3) is 4.03. The van der Waals surface area contributed by atoms with Crippen molar-refractivity contribution in [2.45, 2.75) is 19.4 Å².